The Hall–Kier alpha value is -1.79. The molecule has 1 saturated heterocycles. The van der Waals surface area contributed by atoms with E-state index in [0.29, 0.717) is 19.0 Å². The molecule has 6 nitrogen and oxygen atoms in total. The monoisotopic (exact) mass is 260 g/mol. The molecular weight excluding hydrogens is 244 g/mol. The Morgan fingerprint density at radius 1 is 1.42 bits per heavy atom. The van der Waals surface area contributed by atoms with Gasteiger partial charge in [-0.25, -0.2) is 0 Å². The SMILES string of the molecule is Cc1nc(CN2CCOC(c3ccccn3)C2)no1. The van der Waals surface area contributed by atoms with Crippen LogP contribution in [0.1, 0.15) is 23.5 Å². The van der Waals surface area contributed by atoms with E-state index in [1.165, 1.54) is 0 Å². The Morgan fingerprint density at radius 2 is 2.37 bits per heavy atom. The van der Waals surface area contributed by atoms with E-state index >= 15 is 0 Å². The van der Waals surface area contributed by atoms with Crippen LogP contribution >= 0.6 is 0 Å². The van der Waals surface area contributed by atoms with Gasteiger partial charge in [0.15, 0.2) is 5.82 Å². The largest absolute Gasteiger partial charge is 0.369 e. The van der Waals surface area contributed by atoms with Crippen molar-refractivity contribution >= 4 is 0 Å². The summed E-state index contributed by atoms with van der Waals surface area (Å²) in [5.41, 5.74) is 0.969. The maximum absolute atomic E-state index is 5.77. The first-order chi connectivity index (χ1) is 9.31. The van der Waals surface area contributed by atoms with Crippen molar-refractivity contribution in [3.8, 4) is 0 Å². The third-order valence-corrected chi connectivity index (χ3v) is 3.10. The van der Waals surface area contributed by atoms with Crippen LogP contribution in [0.15, 0.2) is 28.9 Å². The second-order valence-electron chi connectivity index (χ2n) is 4.58. The van der Waals surface area contributed by atoms with Gasteiger partial charge in [-0.15, -0.1) is 0 Å². The molecule has 1 fully saturated rings. The zero-order chi connectivity index (χ0) is 13.1. The number of pyridine rings is 1. The van der Waals surface area contributed by atoms with E-state index in [9.17, 15) is 0 Å². The summed E-state index contributed by atoms with van der Waals surface area (Å²) in [6, 6.07) is 5.88. The van der Waals surface area contributed by atoms with Gasteiger partial charge in [0, 0.05) is 26.2 Å². The minimum Gasteiger partial charge on any atom is -0.369 e. The van der Waals surface area contributed by atoms with Crippen LogP contribution in [0.2, 0.25) is 0 Å². The Morgan fingerprint density at radius 3 is 3.11 bits per heavy atom. The molecule has 6 heteroatoms. The van der Waals surface area contributed by atoms with Crippen molar-refractivity contribution in [2.75, 3.05) is 19.7 Å². The van der Waals surface area contributed by atoms with Crippen LogP contribution in [0.3, 0.4) is 0 Å². The van der Waals surface area contributed by atoms with Crippen LogP contribution in [0, 0.1) is 6.92 Å². The minimum absolute atomic E-state index is 0.0166. The molecule has 1 atom stereocenters. The highest BCUT2D eigenvalue weighted by Crippen LogP contribution is 2.20. The first kappa shape index (κ1) is 12.3. The van der Waals surface area contributed by atoms with Crippen molar-refractivity contribution in [2.45, 2.75) is 19.6 Å². The van der Waals surface area contributed by atoms with Crippen LogP contribution < -0.4 is 0 Å². The summed E-state index contributed by atoms with van der Waals surface area (Å²) in [5.74, 6) is 1.32. The van der Waals surface area contributed by atoms with Crippen LogP contribution in [-0.4, -0.2) is 39.7 Å². The lowest BCUT2D eigenvalue weighted by Gasteiger charge is -2.31. The molecule has 3 rings (SSSR count). The number of aromatic nitrogens is 3. The lowest BCUT2D eigenvalue weighted by Crippen LogP contribution is -2.38. The van der Waals surface area contributed by atoms with E-state index in [1.54, 1.807) is 13.1 Å². The van der Waals surface area contributed by atoms with Gasteiger partial charge in [-0.3, -0.25) is 9.88 Å². The molecule has 0 spiro atoms. The molecule has 0 N–H and O–H groups in total. The molecule has 0 aliphatic carbocycles. The second kappa shape index (κ2) is 5.46. The summed E-state index contributed by atoms with van der Waals surface area (Å²) in [6.07, 6.45) is 1.81. The van der Waals surface area contributed by atoms with Gasteiger partial charge in [0.25, 0.3) is 0 Å². The van der Waals surface area contributed by atoms with Crippen molar-refractivity contribution in [1.29, 1.82) is 0 Å². The Labute approximate surface area is 111 Å². The Kier molecular flexibility index (Phi) is 3.52. The fourth-order valence-corrected chi connectivity index (χ4v) is 2.20. The fourth-order valence-electron chi connectivity index (χ4n) is 2.20. The van der Waals surface area contributed by atoms with E-state index in [4.69, 9.17) is 9.26 Å². The lowest BCUT2D eigenvalue weighted by atomic mass is 10.2. The summed E-state index contributed by atoms with van der Waals surface area (Å²) in [7, 11) is 0. The van der Waals surface area contributed by atoms with Gasteiger partial charge < -0.3 is 9.26 Å². The summed E-state index contributed by atoms with van der Waals surface area (Å²) >= 11 is 0. The molecule has 1 unspecified atom stereocenters. The molecule has 2 aromatic heterocycles. The van der Waals surface area contributed by atoms with Gasteiger partial charge >= 0.3 is 0 Å². The quantitative estimate of drug-likeness (QED) is 0.830. The Balaban J connectivity index is 1.65. The van der Waals surface area contributed by atoms with Crippen molar-refractivity contribution in [3.05, 3.63) is 41.8 Å². The van der Waals surface area contributed by atoms with E-state index in [1.807, 2.05) is 18.2 Å². The second-order valence-corrected chi connectivity index (χ2v) is 4.58. The molecule has 100 valence electrons. The van der Waals surface area contributed by atoms with Crippen LogP contribution in [0.4, 0.5) is 0 Å². The number of nitrogens with zero attached hydrogens (tertiary/aromatic N) is 4. The number of morpholine rings is 1. The van der Waals surface area contributed by atoms with E-state index < -0.39 is 0 Å². The number of rotatable bonds is 3. The molecule has 0 radical (unpaired) electrons. The summed E-state index contributed by atoms with van der Waals surface area (Å²) in [5, 5.41) is 3.92. The maximum atomic E-state index is 5.77. The molecule has 1 aliphatic rings. The van der Waals surface area contributed by atoms with Crippen molar-refractivity contribution < 1.29 is 9.26 Å². The topological polar surface area (TPSA) is 64.3 Å². The van der Waals surface area contributed by atoms with E-state index in [-0.39, 0.29) is 6.10 Å². The van der Waals surface area contributed by atoms with Gasteiger partial charge in [0.2, 0.25) is 5.89 Å². The molecule has 0 amide bonds. The molecular formula is C13H16N4O2. The van der Waals surface area contributed by atoms with Gasteiger partial charge in [0.05, 0.1) is 18.8 Å². The highest BCUT2D eigenvalue weighted by atomic mass is 16.5. The van der Waals surface area contributed by atoms with Gasteiger partial charge in [-0.05, 0) is 12.1 Å². The molecule has 19 heavy (non-hydrogen) atoms. The zero-order valence-electron chi connectivity index (χ0n) is 10.8. The van der Waals surface area contributed by atoms with Gasteiger partial charge in [0.1, 0.15) is 6.10 Å². The number of hydrogen-bond donors (Lipinski definition) is 0. The molecule has 0 bridgehead atoms. The number of aryl methyl sites for hydroxylation is 1. The predicted molar refractivity (Wildman–Crippen MR) is 67.2 cm³/mol. The highest BCUT2D eigenvalue weighted by Gasteiger charge is 2.23. The predicted octanol–water partition coefficient (Wildman–Crippen LogP) is 1.35. The van der Waals surface area contributed by atoms with Crippen molar-refractivity contribution in [2.24, 2.45) is 0 Å². The molecule has 0 aromatic carbocycles. The van der Waals surface area contributed by atoms with Crippen LogP contribution in [-0.2, 0) is 11.3 Å². The maximum Gasteiger partial charge on any atom is 0.223 e. The average Bonchev–Trinajstić information content (AvgIpc) is 2.85. The molecule has 2 aromatic rings. The standard InChI is InChI=1S/C13H16N4O2/c1-10-15-13(16-19-10)9-17-6-7-18-12(8-17)11-4-2-3-5-14-11/h2-5,12H,6-9H2,1H3. The normalized spacial score (nSPS) is 20.6. The highest BCUT2D eigenvalue weighted by molar-refractivity contribution is 5.08. The van der Waals surface area contributed by atoms with Crippen LogP contribution in [0.5, 0.6) is 0 Å². The van der Waals surface area contributed by atoms with E-state index in [0.717, 1.165) is 24.6 Å². The summed E-state index contributed by atoms with van der Waals surface area (Å²) < 4.78 is 10.8. The van der Waals surface area contributed by atoms with Crippen molar-refractivity contribution in [3.63, 3.8) is 0 Å². The molecule has 0 saturated carbocycles. The van der Waals surface area contributed by atoms with E-state index in [2.05, 4.69) is 20.0 Å². The third kappa shape index (κ3) is 2.97. The Bertz CT molecular complexity index is 528. The smallest absolute Gasteiger partial charge is 0.223 e. The number of ether oxygens (including phenoxy) is 1. The fraction of sp³-hybridized carbons (Fsp3) is 0.462. The van der Waals surface area contributed by atoms with Crippen molar-refractivity contribution in [1.82, 2.24) is 20.0 Å². The summed E-state index contributed by atoms with van der Waals surface area (Å²) in [4.78, 5) is 10.8. The minimum atomic E-state index is 0.0166. The van der Waals surface area contributed by atoms with Gasteiger partial charge in [-0.1, -0.05) is 11.2 Å². The number of hydrogen-bond acceptors (Lipinski definition) is 6. The van der Waals surface area contributed by atoms with Crippen LogP contribution in [0.25, 0.3) is 0 Å². The van der Waals surface area contributed by atoms with Gasteiger partial charge in [-0.2, -0.15) is 4.98 Å². The average molecular weight is 260 g/mol. The first-order valence-electron chi connectivity index (χ1n) is 6.35. The molecule has 3 heterocycles. The third-order valence-electron chi connectivity index (χ3n) is 3.10. The zero-order valence-corrected chi connectivity index (χ0v) is 10.8. The summed E-state index contributed by atoms with van der Waals surface area (Å²) in [6.45, 7) is 4.84. The molecule has 1 aliphatic heterocycles. The lowest BCUT2D eigenvalue weighted by molar-refractivity contribution is -0.0358. The first-order valence-corrected chi connectivity index (χ1v) is 6.35.